The molecule has 0 N–H and O–H groups in total. The molecule has 1 fully saturated rings. The van der Waals surface area contributed by atoms with Crippen LogP contribution < -0.4 is 0 Å². The summed E-state index contributed by atoms with van der Waals surface area (Å²) in [6.45, 7) is 1.06. The van der Waals surface area contributed by atoms with E-state index in [1.165, 1.54) is 7.69 Å². The Morgan fingerprint density at radius 3 is 1.91 bits per heavy atom. The summed E-state index contributed by atoms with van der Waals surface area (Å²) in [5.41, 5.74) is 0. The highest BCUT2D eigenvalue weighted by molar-refractivity contribution is 6.19. The third-order valence-electron chi connectivity index (χ3n) is 1.54. The maximum Gasteiger partial charge on any atom is 0.488 e. The first-order chi connectivity index (χ1) is 5.38. The van der Waals surface area contributed by atoms with E-state index >= 15 is 0 Å². The minimum atomic E-state index is -0.0278. The molecule has 1 aliphatic rings. The lowest BCUT2D eigenvalue weighted by Gasteiger charge is -2.16. The van der Waals surface area contributed by atoms with Crippen LogP contribution >= 0.6 is 0 Å². The Hall–Kier alpha value is -0.0951. The standard InChI is InChI=1S/C6H12BO4/c1-8-3-5-6(4-9-2)11-7-10-5/h5-6H,3-4H2,1-2H3/t5-,6-/m0/s1. The maximum atomic E-state index is 5.11. The van der Waals surface area contributed by atoms with Gasteiger partial charge in [-0.15, -0.1) is 0 Å². The smallest absolute Gasteiger partial charge is 0.405 e. The number of hydrogen-bond acceptors (Lipinski definition) is 4. The molecule has 1 radical (unpaired) electrons. The molecule has 11 heavy (non-hydrogen) atoms. The van der Waals surface area contributed by atoms with E-state index in [0.717, 1.165) is 0 Å². The summed E-state index contributed by atoms with van der Waals surface area (Å²) in [4.78, 5) is 0. The van der Waals surface area contributed by atoms with E-state index in [-0.39, 0.29) is 12.2 Å². The summed E-state index contributed by atoms with van der Waals surface area (Å²) in [6, 6.07) is 0. The Balaban J connectivity index is 2.25. The van der Waals surface area contributed by atoms with E-state index in [2.05, 4.69) is 0 Å². The first-order valence-corrected chi connectivity index (χ1v) is 3.49. The van der Waals surface area contributed by atoms with Crippen molar-refractivity contribution in [1.29, 1.82) is 0 Å². The second-order valence-corrected chi connectivity index (χ2v) is 2.36. The van der Waals surface area contributed by atoms with Crippen molar-refractivity contribution in [1.82, 2.24) is 0 Å². The summed E-state index contributed by atoms with van der Waals surface area (Å²) in [5, 5.41) is 0. The molecule has 0 amide bonds. The number of methoxy groups -OCH3 is 2. The molecule has 5 heteroatoms. The predicted octanol–water partition coefficient (Wildman–Crippen LogP) is -0.403. The van der Waals surface area contributed by atoms with Gasteiger partial charge in [-0.25, -0.2) is 0 Å². The van der Waals surface area contributed by atoms with Gasteiger partial charge >= 0.3 is 7.69 Å². The molecule has 1 heterocycles. The third-order valence-corrected chi connectivity index (χ3v) is 1.54. The number of hydrogen-bond donors (Lipinski definition) is 0. The van der Waals surface area contributed by atoms with Crippen LogP contribution in [0.2, 0.25) is 0 Å². The van der Waals surface area contributed by atoms with Crippen LogP contribution in [0.5, 0.6) is 0 Å². The average molecular weight is 159 g/mol. The lowest BCUT2D eigenvalue weighted by atomic mass is 10.2. The molecular formula is C6H12BO4. The summed E-state index contributed by atoms with van der Waals surface area (Å²) < 4.78 is 20.1. The van der Waals surface area contributed by atoms with Gasteiger partial charge in [-0.05, 0) is 0 Å². The highest BCUT2D eigenvalue weighted by Gasteiger charge is 2.29. The molecular weight excluding hydrogens is 147 g/mol. The van der Waals surface area contributed by atoms with Crippen molar-refractivity contribution in [2.24, 2.45) is 0 Å². The van der Waals surface area contributed by atoms with Crippen molar-refractivity contribution < 1.29 is 18.8 Å². The molecule has 0 aliphatic carbocycles. The van der Waals surface area contributed by atoms with Crippen LogP contribution in [0, 0.1) is 0 Å². The van der Waals surface area contributed by atoms with E-state index in [1.807, 2.05) is 0 Å². The van der Waals surface area contributed by atoms with E-state index in [1.54, 1.807) is 14.2 Å². The molecule has 0 bridgehead atoms. The number of ether oxygens (including phenoxy) is 2. The van der Waals surface area contributed by atoms with Crippen molar-refractivity contribution in [2.75, 3.05) is 27.4 Å². The Morgan fingerprint density at radius 2 is 1.55 bits per heavy atom. The van der Waals surface area contributed by atoms with Crippen molar-refractivity contribution >= 4 is 7.69 Å². The molecule has 1 rings (SSSR count). The zero-order valence-corrected chi connectivity index (χ0v) is 6.78. The van der Waals surface area contributed by atoms with Gasteiger partial charge in [-0.1, -0.05) is 0 Å². The van der Waals surface area contributed by atoms with Crippen molar-refractivity contribution in [3.8, 4) is 0 Å². The summed E-state index contributed by atoms with van der Waals surface area (Å²) in [5.74, 6) is 0. The van der Waals surface area contributed by atoms with Crippen LogP contribution in [0.15, 0.2) is 0 Å². The van der Waals surface area contributed by atoms with Crippen LogP contribution in [0.1, 0.15) is 0 Å². The molecule has 0 aromatic heterocycles. The minimum Gasteiger partial charge on any atom is -0.405 e. The average Bonchev–Trinajstić information content (AvgIpc) is 2.39. The fourth-order valence-electron chi connectivity index (χ4n) is 0.972. The zero-order chi connectivity index (χ0) is 8.10. The first-order valence-electron chi connectivity index (χ1n) is 3.49. The Morgan fingerprint density at radius 1 is 1.09 bits per heavy atom. The fraction of sp³-hybridized carbons (Fsp3) is 1.00. The minimum absolute atomic E-state index is 0.0278. The van der Waals surface area contributed by atoms with Gasteiger partial charge in [0.1, 0.15) is 0 Å². The Bertz CT molecular complexity index is 98.8. The van der Waals surface area contributed by atoms with Crippen molar-refractivity contribution in [3.05, 3.63) is 0 Å². The molecule has 0 aromatic rings. The van der Waals surface area contributed by atoms with Gasteiger partial charge in [-0.3, -0.25) is 0 Å². The van der Waals surface area contributed by atoms with Crippen molar-refractivity contribution in [3.63, 3.8) is 0 Å². The van der Waals surface area contributed by atoms with Gasteiger partial charge in [-0.2, -0.15) is 0 Å². The largest absolute Gasteiger partial charge is 0.488 e. The summed E-state index contributed by atoms with van der Waals surface area (Å²) in [6.07, 6.45) is -0.0556. The van der Waals surface area contributed by atoms with E-state index in [4.69, 9.17) is 18.8 Å². The van der Waals surface area contributed by atoms with E-state index < -0.39 is 0 Å². The molecule has 0 aromatic carbocycles. The molecule has 0 spiro atoms. The topological polar surface area (TPSA) is 36.9 Å². The molecule has 0 unspecified atom stereocenters. The molecule has 1 aliphatic heterocycles. The first kappa shape index (κ1) is 9.00. The van der Waals surface area contributed by atoms with Crippen LogP contribution in [0.4, 0.5) is 0 Å². The summed E-state index contributed by atoms with van der Waals surface area (Å²) in [7, 11) is 4.60. The second kappa shape index (κ2) is 4.72. The zero-order valence-electron chi connectivity index (χ0n) is 6.78. The Kier molecular flexibility index (Phi) is 3.86. The van der Waals surface area contributed by atoms with Gasteiger partial charge < -0.3 is 18.8 Å². The van der Waals surface area contributed by atoms with Gasteiger partial charge in [0.25, 0.3) is 0 Å². The molecule has 2 atom stereocenters. The molecule has 63 valence electrons. The van der Waals surface area contributed by atoms with Crippen LogP contribution in [-0.2, 0) is 18.8 Å². The van der Waals surface area contributed by atoms with E-state index in [0.29, 0.717) is 13.2 Å². The second-order valence-electron chi connectivity index (χ2n) is 2.36. The molecule has 4 nitrogen and oxygen atoms in total. The highest BCUT2D eigenvalue weighted by atomic mass is 16.7. The van der Waals surface area contributed by atoms with Crippen LogP contribution in [-0.4, -0.2) is 47.3 Å². The number of rotatable bonds is 4. The summed E-state index contributed by atoms with van der Waals surface area (Å²) >= 11 is 0. The van der Waals surface area contributed by atoms with Gasteiger partial charge in [0.05, 0.1) is 25.4 Å². The SMILES string of the molecule is COC[C@@H]1O[B]O[C@H]1COC. The maximum absolute atomic E-state index is 5.11. The molecule has 1 saturated heterocycles. The Labute approximate surface area is 67.1 Å². The molecule has 0 saturated carbocycles. The van der Waals surface area contributed by atoms with Crippen molar-refractivity contribution in [2.45, 2.75) is 12.2 Å². The lowest BCUT2D eigenvalue weighted by molar-refractivity contribution is 0.0219. The normalized spacial score (nSPS) is 30.4. The monoisotopic (exact) mass is 159 g/mol. The lowest BCUT2D eigenvalue weighted by Crippen LogP contribution is -2.30. The third kappa shape index (κ3) is 2.45. The van der Waals surface area contributed by atoms with E-state index in [9.17, 15) is 0 Å². The quantitative estimate of drug-likeness (QED) is 0.523. The van der Waals surface area contributed by atoms with Gasteiger partial charge in [0.15, 0.2) is 0 Å². The van der Waals surface area contributed by atoms with Gasteiger partial charge in [0.2, 0.25) is 0 Å². The predicted molar refractivity (Wildman–Crippen MR) is 39.3 cm³/mol. The highest BCUT2D eigenvalue weighted by Crippen LogP contribution is 2.11. The van der Waals surface area contributed by atoms with Crippen LogP contribution in [0.3, 0.4) is 0 Å². The van der Waals surface area contributed by atoms with Crippen LogP contribution in [0.25, 0.3) is 0 Å². The fourth-order valence-corrected chi connectivity index (χ4v) is 0.972. The van der Waals surface area contributed by atoms with Gasteiger partial charge in [0, 0.05) is 14.2 Å².